The molecule has 0 atom stereocenters. The second-order valence-corrected chi connectivity index (χ2v) is 4.46. The Bertz CT molecular complexity index is 285. The zero-order valence-electron chi connectivity index (χ0n) is 9.32. The maximum Gasteiger partial charge on any atom is 0.393 e. The van der Waals surface area contributed by atoms with Crippen molar-refractivity contribution in [1.29, 1.82) is 0 Å². The highest BCUT2D eigenvalue weighted by Crippen LogP contribution is 2.19. The molecule has 0 aromatic carbocycles. The highest BCUT2D eigenvalue weighted by molar-refractivity contribution is 5.00. The third kappa shape index (κ3) is 3.55. The molecule has 1 aromatic rings. The first-order valence-corrected chi connectivity index (χ1v) is 5.54. The summed E-state index contributed by atoms with van der Waals surface area (Å²) in [6, 6.07) is 0.696. The SMILES string of the molecule is CC(C)COc1nc(CNC2CC2)co1. The van der Waals surface area contributed by atoms with Gasteiger partial charge in [-0.15, -0.1) is 0 Å². The molecule has 1 heterocycles. The Kier molecular flexibility index (Phi) is 3.26. The van der Waals surface area contributed by atoms with Gasteiger partial charge in [0.25, 0.3) is 0 Å². The van der Waals surface area contributed by atoms with Crippen LogP contribution in [0.1, 0.15) is 32.4 Å². The topological polar surface area (TPSA) is 47.3 Å². The Hall–Kier alpha value is -1.03. The summed E-state index contributed by atoms with van der Waals surface area (Å²) < 4.78 is 10.6. The van der Waals surface area contributed by atoms with E-state index in [0.29, 0.717) is 24.6 Å². The van der Waals surface area contributed by atoms with Crippen LogP contribution in [0.15, 0.2) is 10.7 Å². The fraction of sp³-hybridized carbons (Fsp3) is 0.727. The van der Waals surface area contributed by atoms with Gasteiger partial charge in [-0.3, -0.25) is 0 Å². The summed E-state index contributed by atoms with van der Waals surface area (Å²) >= 11 is 0. The average Bonchev–Trinajstić information content (AvgIpc) is 2.92. The van der Waals surface area contributed by atoms with E-state index in [0.717, 1.165) is 12.2 Å². The molecule has 84 valence electrons. The van der Waals surface area contributed by atoms with Crippen molar-refractivity contribution in [2.45, 2.75) is 39.3 Å². The molecule has 0 amide bonds. The van der Waals surface area contributed by atoms with E-state index in [1.54, 1.807) is 6.26 Å². The normalized spacial score (nSPS) is 15.9. The summed E-state index contributed by atoms with van der Waals surface area (Å²) in [6.45, 7) is 5.62. The van der Waals surface area contributed by atoms with E-state index >= 15 is 0 Å². The maximum absolute atomic E-state index is 5.36. The lowest BCUT2D eigenvalue weighted by Crippen LogP contribution is -2.15. The fourth-order valence-corrected chi connectivity index (χ4v) is 1.21. The lowest BCUT2D eigenvalue weighted by atomic mass is 10.2. The Balaban J connectivity index is 1.75. The molecule has 0 saturated heterocycles. The van der Waals surface area contributed by atoms with Crippen LogP contribution in [0.3, 0.4) is 0 Å². The van der Waals surface area contributed by atoms with Crippen LogP contribution in [-0.2, 0) is 6.54 Å². The number of rotatable bonds is 6. The first-order valence-electron chi connectivity index (χ1n) is 5.54. The standard InChI is InChI=1S/C11H18N2O2/c1-8(2)6-14-11-13-10(7-15-11)5-12-9-3-4-9/h7-9,12H,3-6H2,1-2H3. The number of ether oxygens (including phenoxy) is 1. The highest BCUT2D eigenvalue weighted by atomic mass is 16.6. The molecule has 1 aromatic heterocycles. The maximum atomic E-state index is 5.36. The molecule has 15 heavy (non-hydrogen) atoms. The molecule has 0 spiro atoms. The number of oxazole rings is 1. The van der Waals surface area contributed by atoms with Crippen molar-refractivity contribution in [3.05, 3.63) is 12.0 Å². The van der Waals surface area contributed by atoms with Crippen LogP contribution in [0.2, 0.25) is 0 Å². The van der Waals surface area contributed by atoms with Crippen molar-refractivity contribution in [3.63, 3.8) is 0 Å². The predicted molar refractivity (Wildman–Crippen MR) is 56.7 cm³/mol. The smallest absolute Gasteiger partial charge is 0.393 e. The number of nitrogens with zero attached hydrogens (tertiary/aromatic N) is 1. The van der Waals surface area contributed by atoms with E-state index in [1.807, 2.05) is 0 Å². The average molecular weight is 210 g/mol. The summed E-state index contributed by atoms with van der Waals surface area (Å²) in [5.41, 5.74) is 0.917. The van der Waals surface area contributed by atoms with Gasteiger partial charge in [-0.1, -0.05) is 13.8 Å². The molecule has 1 aliphatic carbocycles. The van der Waals surface area contributed by atoms with Gasteiger partial charge in [0.05, 0.1) is 12.3 Å². The minimum atomic E-state index is 0.385. The Morgan fingerprint density at radius 2 is 2.40 bits per heavy atom. The van der Waals surface area contributed by atoms with E-state index in [-0.39, 0.29) is 0 Å². The summed E-state index contributed by atoms with van der Waals surface area (Å²) in [4.78, 5) is 4.23. The minimum Gasteiger partial charge on any atom is -0.450 e. The van der Waals surface area contributed by atoms with Crippen LogP contribution < -0.4 is 10.1 Å². The van der Waals surface area contributed by atoms with Crippen molar-refractivity contribution in [2.75, 3.05) is 6.61 Å². The highest BCUT2D eigenvalue weighted by Gasteiger charge is 2.20. The lowest BCUT2D eigenvalue weighted by Gasteiger charge is -2.02. The molecule has 0 bridgehead atoms. The molecule has 4 nitrogen and oxygen atoms in total. The van der Waals surface area contributed by atoms with E-state index in [9.17, 15) is 0 Å². The van der Waals surface area contributed by atoms with Crippen molar-refractivity contribution in [2.24, 2.45) is 5.92 Å². The van der Waals surface area contributed by atoms with Gasteiger partial charge >= 0.3 is 6.08 Å². The van der Waals surface area contributed by atoms with Crippen LogP contribution in [0.4, 0.5) is 0 Å². The zero-order valence-corrected chi connectivity index (χ0v) is 9.32. The molecule has 1 aliphatic rings. The van der Waals surface area contributed by atoms with Crippen molar-refractivity contribution in [1.82, 2.24) is 10.3 Å². The monoisotopic (exact) mass is 210 g/mol. The van der Waals surface area contributed by atoms with Crippen LogP contribution in [0, 0.1) is 5.92 Å². The third-order valence-electron chi connectivity index (χ3n) is 2.22. The van der Waals surface area contributed by atoms with Gasteiger partial charge in [-0.25, -0.2) is 0 Å². The van der Waals surface area contributed by atoms with Gasteiger partial charge in [-0.05, 0) is 18.8 Å². The summed E-state index contributed by atoms with van der Waals surface area (Å²) in [7, 11) is 0. The Morgan fingerprint density at radius 3 is 3.07 bits per heavy atom. The molecule has 1 saturated carbocycles. The van der Waals surface area contributed by atoms with Gasteiger partial charge in [-0.2, -0.15) is 4.98 Å². The number of hydrogen-bond acceptors (Lipinski definition) is 4. The van der Waals surface area contributed by atoms with E-state index in [1.165, 1.54) is 12.8 Å². The van der Waals surface area contributed by atoms with Crippen LogP contribution in [0.5, 0.6) is 6.08 Å². The molecule has 0 aliphatic heterocycles. The second-order valence-electron chi connectivity index (χ2n) is 4.46. The third-order valence-corrected chi connectivity index (χ3v) is 2.22. The fourth-order valence-electron chi connectivity index (χ4n) is 1.21. The molecular formula is C11H18N2O2. The molecule has 2 rings (SSSR count). The molecule has 4 heteroatoms. The number of nitrogens with one attached hydrogen (secondary N) is 1. The van der Waals surface area contributed by atoms with Gasteiger partial charge in [0.1, 0.15) is 6.26 Å². The van der Waals surface area contributed by atoms with E-state index in [4.69, 9.17) is 9.15 Å². The second kappa shape index (κ2) is 4.66. The number of aromatic nitrogens is 1. The Morgan fingerprint density at radius 1 is 1.60 bits per heavy atom. The van der Waals surface area contributed by atoms with Gasteiger partial charge in [0.2, 0.25) is 0 Å². The van der Waals surface area contributed by atoms with Crippen LogP contribution in [0.25, 0.3) is 0 Å². The predicted octanol–water partition coefficient (Wildman–Crippen LogP) is 1.96. The van der Waals surface area contributed by atoms with Gasteiger partial charge in [0.15, 0.2) is 0 Å². The van der Waals surface area contributed by atoms with Crippen molar-refractivity contribution < 1.29 is 9.15 Å². The zero-order chi connectivity index (χ0) is 10.7. The largest absolute Gasteiger partial charge is 0.450 e. The summed E-state index contributed by atoms with van der Waals surface area (Å²) in [6.07, 6.45) is 4.62. The van der Waals surface area contributed by atoms with E-state index < -0.39 is 0 Å². The quantitative estimate of drug-likeness (QED) is 0.779. The molecule has 0 unspecified atom stereocenters. The lowest BCUT2D eigenvalue weighted by molar-refractivity contribution is 0.202. The van der Waals surface area contributed by atoms with Crippen LogP contribution >= 0.6 is 0 Å². The number of hydrogen-bond donors (Lipinski definition) is 1. The summed E-state index contributed by atoms with van der Waals surface area (Å²) in [5, 5.41) is 3.37. The van der Waals surface area contributed by atoms with Crippen LogP contribution in [-0.4, -0.2) is 17.6 Å². The first-order chi connectivity index (χ1) is 7.24. The Labute approximate surface area is 90.0 Å². The minimum absolute atomic E-state index is 0.385. The first kappa shape index (κ1) is 10.5. The van der Waals surface area contributed by atoms with E-state index in [2.05, 4.69) is 24.1 Å². The summed E-state index contributed by atoms with van der Waals surface area (Å²) in [5.74, 6) is 0.491. The molecule has 1 fully saturated rings. The molecule has 0 radical (unpaired) electrons. The van der Waals surface area contributed by atoms with Gasteiger partial charge in [0, 0.05) is 12.6 Å². The van der Waals surface area contributed by atoms with Crippen molar-refractivity contribution in [3.8, 4) is 6.08 Å². The molecular weight excluding hydrogens is 192 g/mol. The van der Waals surface area contributed by atoms with Crippen molar-refractivity contribution >= 4 is 0 Å². The molecule has 1 N–H and O–H groups in total. The van der Waals surface area contributed by atoms with Gasteiger partial charge < -0.3 is 14.5 Å².